The molecule has 0 aliphatic carbocycles. The largest absolute Gasteiger partial charge is 0.381 e. The van der Waals surface area contributed by atoms with Crippen LogP contribution in [0.1, 0.15) is 26.7 Å². The SMILES string of the molecule is CNCCCOCC(C)(C)COCCCNC=O. The fourth-order valence-corrected chi connectivity index (χ4v) is 1.42. The Morgan fingerprint density at radius 2 is 1.61 bits per heavy atom. The number of rotatable bonds is 13. The maximum absolute atomic E-state index is 10.0. The van der Waals surface area contributed by atoms with Gasteiger partial charge in [0.1, 0.15) is 0 Å². The van der Waals surface area contributed by atoms with Gasteiger partial charge in [-0.2, -0.15) is 0 Å². The van der Waals surface area contributed by atoms with Crippen LogP contribution in [-0.4, -0.2) is 53.0 Å². The first kappa shape index (κ1) is 17.4. The van der Waals surface area contributed by atoms with Gasteiger partial charge in [0, 0.05) is 25.2 Å². The molecule has 108 valence electrons. The van der Waals surface area contributed by atoms with Gasteiger partial charge in [-0.05, 0) is 26.4 Å². The molecule has 0 rings (SSSR count). The Morgan fingerprint density at radius 3 is 2.11 bits per heavy atom. The quantitative estimate of drug-likeness (QED) is 0.380. The summed E-state index contributed by atoms with van der Waals surface area (Å²) in [6.45, 7) is 8.77. The molecule has 0 aliphatic rings. The molecular formula is C13H28N2O3. The molecule has 0 aromatic heterocycles. The highest BCUT2D eigenvalue weighted by Gasteiger charge is 2.18. The van der Waals surface area contributed by atoms with Gasteiger partial charge >= 0.3 is 0 Å². The summed E-state index contributed by atoms with van der Waals surface area (Å²) in [5.74, 6) is 0. The second kappa shape index (κ2) is 11.4. The molecule has 0 fully saturated rings. The smallest absolute Gasteiger partial charge is 0.207 e. The molecule has 0 aliphatic heterocycles. The van der Waals surface area contributed by atoms with E-state index < -0.39 is 0 Å². The third-order valence-electron chi connectivity index (χ3n) is 2.39. The summed E-state index contributed by atoms with van der Waals surface area (Å²) in [4.78, 5) is 10.0. The Kier molecular flexibility index (Phi) is 11.0. The molecule has 0 radical (unpaired) electrons. The zero-order valence-electron chi connectivity index (χ0n) is 12.0. The second-order valence-corrected chi connectivity index (χ2v) is 5.15. The maximum atomic E-state index is 10.0. The lowest BCUT2D eigenvalue weighted by atomic mass is 9.96. The van der Waals surface area contributed by atoms with E-state index in [1.807, 2.05) is 7.05 Å². The average Bonchev–Trinajstić information content (AvgIpc) is 2.33. The van der Waals surface area contributed by atoms with Crippen molar-refractivity contribution in [2.45, 2.75) is 26.7 Å². The Morgan fingerprint density at radius 1 is 1.06 bits per heavy atom. The van der Waals surface area contributed by atoms with Gasteiger partial charge in [0.15, 0.2) is 0 Å². The molecule has 0 spiro atoms. The van der Waals surface area contributed by atoms with E-state index in [2.05, 4.69) is 24.5 Å². The molecule has 0 heterocycles. The van der Waals surface area contributed by atoms with Crippen LogP contribution >= 0.6 is 0 Å². The minimum absolute atomic E-state index is 0.0394. The van der Waals surface area contributed by atoms with Crippen LogP contribution in [-0.2, 0) is 14.3 Å². The number of nitrogens with one attached hydrogen (secondary N) is 2. The van der Waals surface area contributed by atoms with Crippen molar-refractivity contribution < 1.29 is 14.3 Å². The first-order valence-electron chi connectivity index (χ1n) is 6.59. The topological polar surface area (TPSA) is 59.6 Å². The van der Waals surface area contributed by atoms with Gasteiger partial charge in [0.25, 0.3) is 0 Å². The highest BCUT2D eigenvalue weighted by molar-refractivity contribution is 5.45. The summed E-state index contributed by atoms with van der Waals surface area (Å²) in [6.07, 6.45) is 2.59. The molecule has 5 heteroatoms. The Bertz CT molecular complexity index is 199. The predicted molar refractivity (Wildman–Crippen MR) is 72.6 cm³/mol. The van der Waals surface area contributed by atoms with E-state index in [9.17, 15) is 4.79 Å². The van der Waals surface area contributed by atoms with Crippen molar-refractivity contribution >= 4 is 6.41 Å². The highest BCUT2D eigenvalue weighted by atomic mass is 16.5. The lowest BCUT2D eigenvalue weighted by molar-refractivity contribution is -0.109. The molecule has 0 aromatic rings. The van der Waals surface area contributed by atoms with E-state index in [0.29, 0.717) is 32.8 Å². The fourth-order valence-electron chi connectivity index (χ4n) is 1.42. The van der Waals surface area contributed by atoms with Crippen LogP contribution < -0.4 is 10.6 Å². The predicted octanol–water partition coefficient (Wildman–Crippen LogP) is 0.791. The van der Waals surface area contributed by atoms with Gasteiger partial charge in [-0.1, -0.05) is 13.8 Å². The lowest BCUT2D eigenvalue weighted by Gasteiger charge is -2.24. The number of carbonyl (C=O) groups excluding carboxylic acids is 1. The summed E-state index contributed by atoms with van der Waals surface area (Å²) in [7, 11) is 1.94. The Balaban J connectivity index is 3.39. The third kappa shape index (κ3) is 11.8. The van der Waals surface area contributed by atoms with Gasteiger partial charge < -0.3 is 20.1 Å². The average molecular weight is 260 g/mol. The van der Waals surface area contributed by atoms with Gasteiger partial charge in [0.05, 0.1) is 13.2 Å². The van der Waals surface area contributed by atoms with Crippen LogP contribution in [0.3, 0.4) is 0 Å². The van der Waals surface area contributed by atoms with Crippen LogP contribution in [0.5, 0.6) is 0 Å². The van der Waals surface area contributed by atoms with Crippen molar-refractivity contribution in [1.82, 2.24) is 10.6 Å². The van der Waals surface area contributed by atoms with Gasteiger partial charge in [-0.15, -0.1) is 0 Å². The molecule has 0 atom stereocenters. The summed E-state index contributed by atoms with van der Waals surface area (Å²) in [5.41, 5.74) is 0.0394. The van der Waals surface area contributed by atoms with Crippen LogP contribution in [0, 0.1) is 5.41 Å². The van der Waals surface area contributed by atoms with Crippen molar-refractivity contribution in [2.75, 3.05) is 46.6 Å². The molecule has 0 saturated carbocycles. The van der Waals surface area contributed by atoms with Crippen molar-refractivity contribution in [3.63, 3.8) is 0 Å². The Hall–Kier alpha value is -0.650. The van der Waals surface area contributed by atoms with E-state index in [1.54, 1.807) is 0 Å². The van der Waals surface area contributed by atoms with Crippen molar-refractivity contribution in [1.29, 1.82) is 0 Å². The van der Waals surface area contributed by atoms with E-state index >= 15 is 0 Å². The van der Waals surface area contributed by atoms with E-state index in [-0.39, 0.29) is 5.41 Å². The molecule has 2 N–H and O–H groups in total. The Labute approximate surface area is 111 Å². The minimum atomic E-state index is 0.0394. The normalized spacial score (nSPS) is 11.5. The third-order valence-corrected chi connectivity index (χ3v) is 2.39. The number of ether oxygens (including phenoxy) is 2. The second-order valence-electron chi connectivity index (χ2n) is 5.15. The number of amides is 1. The van der Waals surface area contributed by atoms with E-state index in [4.69, 9.17) is 9.47 Å². The van der Waals surface area contributed by atoms with Crippen molar-refractivity contribution in [3.05, 3.63) is 0 Å². The van der Waals surface area contributed by atoms with Gasteiger partial charge in [-0.25, -0.2) is 0 Å². The lowest BCUT2D eigenvalue weighted by Crippen LogP contribution is -2.27. The molecule has 5 nitrogen and oxygen atoms in total. The van der Waals surface area contributed by atoms with Gasteiger partial charge in [-0.3, -0.25) is 4.79 Å². The summed E-state index contributed by atoms with van der Waals surface area (Å²) in [6, 6.07) is 0. The first-order valence-corrected chi connectivity index (χ1v) is 6.59. The summed E-state index contributed by atoms with van der Waals surface area (Å²) >= 11 is 0. The molecule has 0 aromatic carbocycles. The number of carbonyl (C=O) groups is 1. The minimum Gasteiger partial charge on any atom is -0.381 e. The summed E-state index contributed by atoms with van der Waals surface area (Å²) < 4.78 is 11.2. The number of hydrogen-bond acceptors (Lipinski definition) is 4. The summed E-state index contributed by atoms with van der Waals surface area (Å²) in [5, 5.41) is 5.70. The molecular weight excluding hydrogens is 232 g/mol. The maximum Gasteiger partial charge on any atom is 0.207 e. The molecule has 0 unspecified atom stereocenters. The van der Waals surface area contributed by atoms with E-state index in [0.717, 1.165) is 26.0 Å². The highest BCUT2D eigenvalue weighted by Crippen LogP contribution is 2.16. The molecule has 0 bridgehead atoms. The number of hydrogen-bond donors (Lipinski definition) is 2. The standard InChI is InChI=1S/C13H28N2O3/c1-13(2,10-17-8-4-6-14-3)11-18-9-5-7-15-12-16/h12,14H,4-11H2,1-3H3,(H,15,16). The zero-order valence-corrected chi connectivity index (χ0v) is 12.0. The van der Waals surface area contributed by atoms with Crippen LogP contribution in [0.4, 0.5) is 0 Å². The zero-order chi connectivity index (χ0) is 13.7. The first-order chi connectivity index (χ1) is 8.62. The fraction of sp³-hybridized carbons (Fsp3) is 0.923. The monoisotopic (exact) mass is 260 g/mol. The molecule has 0 saturated heterocycles. The van der Waals surface area contributed by atoms with Crippen LogP contribution in [0.2, 0.25) is 0 Å². The van der Waals surface area contributed by atoms with E-state index in [1.165, 1.54) is 0 Å². The van der Waals surface area contributed by atoms with Crippen molar-refractivity contribution in [3.8, 4) is 0 Å². The molecule has 1 amide bonds. The van der Waals surface area contributed by atoms with Crippen LogP contribution in [0.15, 0.2) is 0 Å². The molecule has 18 heavy (non-hydrogen) atoms. The van der Waals surface area contributed by atoms with Crippen LogP contribution in [0.25, 0.3) is 0 Å². The van der Waals surface area contributed by atoms with Gasteiger partial charge in [0.2, 0.25) is 6.41 Å². The van der Waals surface area contributed by atoms with Crippen molar-refractivity contribution in [2.24, 2.45) is 5.41 Å².